The van der Waals surface area contributed by atoms with Gasteiger partial charge >= 0.3 is 0 Å². The fourth-order valence-electron chi connectivity index (χ4n) is 2.10. The lowest BCUT2D eigenvalue weighted by Crippen LogP contribution is -2.24. The third-order valence-electron chi connectivity index (χ3n) is 3.16. The molecule has 1 aliphatic heterocycles. The van der Waals surface area contributed by atoms with Crippen molar-refractivity contribution >= 4 is 10.0 Å². The van der Waals surface area contributed by atoms with Crippen LogP contribution in [0.1, 0.15) is 25.0 Å². The van der Waals surface area contributed by atoms with Crippen LogP contribution in [0.4, 0.5) is 0 Å². The summed E-state index contributed by atoms with van der Waals surface area (Å²) in [5.74, 6) is 1.57. The third-order valence-corrected chi connectivity index (χ3v) is 4.51. The van der Waals surface area contributed by atoms with E-state index >= 15 is 0 Å². The molecule has 0 saturated heterocycles. The Hall–Kier alpha value is -1.27. The van der Waals surface area contributed by atoms with Gasteiger partial charge in [0.25, 0.3) is 0 Å². The van der Waals surface area contributed by atoms with Crippen LogP contribution < -0.4 is 14.2 Å². The van der Waals surface area contributed by atoms with Crippen LogP contribution in [0.5, 0.6) is 11.5 Å². The molecule has 0 fully saturated rings. The molecule has 1 heterocycles. The van der Waals surface area contributed by atoms with E-state index in [9.17, 15) is 8.42 Å². The number of ether oxygens (including phenoxy) is 2. The number of hydrogen-bond donors (Lipinski definition) is 1. The summed E-state index contributed by atoms with van der Waals surface area (Å²) in [5, 5.41) is 0. The van der Waals surface area contributed by atoms with Gasteiger partial charge in [-0.15, -0.1) is 0 Å². The van der Waals surface area contributed by atoms with Crippen molar-refractivity contribution in [2.45, 2.75) is 32.9 Å². The Morgan fingerprint density at radius 1 is 1.47 bits per heavy atom. The van der Waals surface area contributed by atoms with Gasteiger partial charge in [-0.2, -0.15) is 0 Å². The van der Waals surface area contributed by atoms with Crippen LogP contribution in [0.15, 0.2) is 12.1 Å². The van der Waals surface area contributed by atoms with E-state index < -0.39 is 10.0 Å². The van der Waals surface area contributed by atoms with Crippen LogP contribution in [0, 0.1) is 0 Å². The fraction of sp³-hybridized carbons (Fsp3) is 0.538. The summed E-state index contributed by atoms with van der Waals surface area (Å²) >= 11 is 0. The van der Waals surface area contributed by atoms with Gasteiger partial charge in [0.05, 0.1) is 12.9 Å². The quantitative estimate of drug-likeness (QED) is 0.889. The van der Waals surface area contributed by atoms with Gasteiger partial charge in [0.15, 0.2) is 0 Å². The van der Waals surface area contributed by atoms with Crippen LogP contribution in [-0.4, -0.2) is 27.4 Å². The van der Waals surface area contributed by atoms with Crippen LogP contribution in [0.25, 0.3) is 0 Å². The van der Waals surface area contributed by atoms with Gasteiger partial charge in [0, 0.05) is 24.1 Å². The van der Waals surface area contributed by atoms with E-state index in [2.05, 4.69) is 4.72 Å². The van der Waals surface area contributed by atoms with Gasteiger partial charge in [0.2, 0.25) is 10.0 Å². The van der Waals surface area contributed by atoms with Crippen molar-refractivity contribution in [3.63, 3.8) is 0 Å². The largest absolute Gasteiger partial charge is 0.496 e. The van der Waals surface area contributed by atoms with Gasteiger partial charge < -0.3 is 9.47 Å². The number of rotatable bonds is 5. The summed E-state index contributed by atoms with van der Waals surface area (Å²) in [6, 6.07) is 3.78. The Balaban J connectivity index is 2.23. The highest BCUT2D eigenvalue weighted by molar-refractivity contribution is 7.89. The lowest BCUT2D eigenvalue weighted by molar-refractivity contribution is 0.254. The van der Waals surface area contributed by atoms with Gasteiger partial charge in [-0.1, -0.05) is 0 Å². The molecule has 0 amide bonds. The van der Waals surface area contributed by atoms with E-state index in [0.29, 0.717) is 5.75 Å². The molecular formula is C13H19NO4S. The van der Waals surface area contributed by atoms with Crippen molar-refractivity contribution in [3.8, 4) is 11.5 Å². The zero-order valence-corrected chi connectivity index (χ0v) is 12.2. The summed E-state index contributed by atoms with van der Waals surface area (Å²) in [4.78, 5) is 0. The monoisotopic (exact) mass is 285 g/mol. The summed E-state index contributed by atoms with van der Waals surface area (Å²) in [7, 11) is -1.63. The highest BCUT2D eigenvalue weighted by atomic mass is 32.2. The van der Waals surface area contributed by atoms with E-state index in [1.165, 1.54) is 0 Å². The minimum atomic E-state index is -3.21. The number of fused-ring (bicyclic) bond motifs is 1. The predicted molar refractivity (Wildman–Crippen MR) is 73.1 cm³/mol. The zero-order valence-electron chi connectivity index (χ0n) is 11.4. The Labute approximate surface area is 114 Å². The van der Waals surface area contributed by atoms with Gasteiger partial charge in [-0.05, 0) is 26.0 Å². The van der Waals surface area contributed by atoms with E-state index in [1.807, 2.05) is 19.1 Å². The Morgan fingerprint density at radius 3 is 2.84 bits per heavy atom. The lowest BCUT2D eigenvalue weighted by atomic mass is 10.1. The minimum absolute atomic E-state index is 0.0633. The van der Waals surface area contributed by atoms with Gasteiger partial charge in [-0.3, -0.25) is 0 Å². The molecule has 0 radical (unpaired) electrons. The molecule has 0 saturated carbocycles. The van der Waals surface area contributed by atoms with Gasteiger partial charge in [0.1, 0.15) is 17.6 Å². The van der Waals surface area contributed by atoms with Crippen molar-refractivity contribution in [2.75, 3.05) is 12.9 Å². The first-order valence-corrected chi connectivity index (χ1v) is 7.94. The van der Waals surface area contributed by atoms with E-state index in [0.717, 1.165) is 23.3 Å². The molecule has 1 aromatic carbocycles. The molecule has 106 valence electrons. The molecule has 0 bridgehead atoms. The second kappa shape index (κ2) is 5.38. The molecule has 6 heteroatoms. The molecule has 0 spiro atoms. The van der Waals surface area contributed by atoms with Crippen LogP contribution >= 0.6 is 0 Å². The summed E-state index contributed by atoms with van der Waals surface area (Å²) < 4.78 is 36.5. The van der Waals surface area contributed by atoms with Crippen LogP contribution in [-0.2, 0) is 23.0 Å². The maximum absolute atomic E-state index is 11.5. The zero-order chi connectivity index (χ0) is 14.0. The second-order valence-electron chi connectivity index (χ2n) is 4.63. The highest BCUT2D eigenvalue weighted by Gasteiger charge is 2.22. The molecule has 2 rings (SSSR count). The molecule has 1 aromatic rings. The number of benzene rings is 1. The first kappa shape index (κ1) is 14.1. The van der Waals surface area contributed by atoms with Crippen LogP contribution in [0.3, 0.4) is 0 Å². The van der Waals surface area contributed by atoms with Crippen molar-refractivity contribution in [1.29, 1.82) is 0 Å². The number of methoxy groups -OCH3 is 1. The SMILES string of the molecule is CCS(=O)(=O)NCc1cc2c(cc1OC)CC(C)O2. The summed E-state index contributed by atoms with van der Waals surface area (Å²) in [6.07, 6.45) is 1.01. The number of hydrogen-bond acceptors (Lipinski definition) is 4. The molecule has 1 N–H and O–H groups in total. The smallest absolute Gasteiger partial charge is 0.211 e. The Kier molecular flexibility index (Phi) is 4.01. The van der Waals surface area contributed by atoms with E-state index in [-0.39, 0.29) is 18.4 Å². The van der Waals surface area contributed by atoms with Crippen molar-refractivity contribution in [2.24, 2.45) is 0 Å². The standard InChI is InChI=1S/C13H19NO4S/c1-4-19(15,16)14-8-11-7-13-10(5-9(2)18-13)6-12(11)17-3/h6-7,9,14H,4-5,8H2,1-3H3. The molecule has 1 aliphatic rings. The molecule has 1 atom stereocenters. The van der Waals surface area contributed by atoms with Gasteiger partial charge in [-0.25, -0.2) is 13.1 Å². The van der Waals surface area contributed by atoms with Crippen LogP contribution in [0.2, 0.25) is 0 Å². The van der Waals surface area contributed by atoms with Crippen molar-refractivity contribution in [3.05, 3.63) is 23.3 Å². The van der Waals surface area contributed by atoms with E-state index in [1.54, 1.807) is 14.0 Å². The fourth-order valence-corrected chi connectivity index (χ4v) is 2.68. The number of sulfonamides is 1. The topological polar surface area (TPSA) is 64.6 Å². The Bertz CT molecular complexity index is 568. The first-order chi connectivity index (χ1) is 8.95. The molecule has 1 unspecified atom stereocenters. The average molecular weight is 285 g/mol. The normalized spacial score (nSPS) is 17.9. The maximum Gasteiger partial charge on any atom is 0.211 e. The third kappa shape index (κ3) is 3.19. The lowest BCUT2D eigenvalue weighted by Gasteiger charge is -2.11. The maximum atomic E-state index is 11.5. The summed E-state index contributed by atoms with van der Waals surface area (Å²) in [6.45, 7) is 3.82. The Morgan fingerprint density at radius 2 is 2.21 bits per heavy atom. The van der Waals surface area contributed by atoms with E-state index in [4.69, 9.17) is 9.47 Å². The molecular weight excluding hydrogens is 266 g/mol. The average Bonchev–Trinajstić information content (AvgIpc) is 2.74. The summed E-state index contributed by atoms with van der Waals surface area (Å²) in [5.41, 5.74) is 1.89. The molecule has 0 aromatic heterocycles. The minimum Gasteiger partial charge on any atom is -0.496 e. The highest BCUT2D eigenvalue weighted by Crippen LogP contribution is 2.34. The molecule has 19 heavy (non-hydrogen) atoms. The molecule has 0 aliphatic carbocycles. The first-order valence-electron chi connectivity index (χ1n) is 6.29. The predicted octanol–water partition coefficient (Wildman–Crippen LogP) is 1.46. The molecule has 5 nitrogen and oxygen atoms in total. The second-order valence-corrected chi connectivity index (χ2v) is 6.72. The van der Waals surface area contributed by atoms with Crippen molar-refractivity contribution < 1.29 is 17.9 Å². The number of nitrogens with one attached hydrogen (secondary N) is 1. The van der Waals surface area contributed by atoms with Crippen molar-refractivity contribution in [1.82, 2.24) is 4.72 Å².